The standard InChI is InChI=1S/C12H20N4O/c1-2-6-10(13-7-3-1)11-14-12(15-17-11)16-8-4-5-9-16/h10,13H,1-9H2. The number of hydrogen-bond donors (Lipinski definition) is 1. The quantitative estimate of drug-likeness (QED) is 0.849. The highest BCUT2D eigenvalue weighted by Gasteiger charge is 2.23. The zero-order valence-corrected chi connectivity index (χ0v) is 10.2. The van der Waals surface area contributed by atoms with Crippen LogP contribution in [-0.4, -0.2) is 29.8 Å². The van der Waals surface area contributed by atoms with Gasteiger partial charge in [-0.15, -0.1) is 0 Å². The first-order valence-electron chi connectivity index (χ1n) is 6.75. The Bertz CT molecular complexity index is 351. The van der Waals surface area contributed by atoms with E-state index in [9.17, 15) is 0 Å². The molecule has 1 unspecified atom stereocenters. The van der Waals surface area contributed by atoms with Crippen molar-refractivity contribution in [2.75, 3.05) is 24.5 Å². The smallest absolute Gasteiger partial charge is 0.266 e. The molecule has 5 heteroatoms. The van der Waals surface area contributed by atoms with Crippen molar-refractivity contribution in [3.8, 4) is 0 Å². The average molecular weight is 236 g/mol. The third-order valence-electron chi connectivity index (χ3n) is 3.68. The summed E-state index contributed by atoms with van der Waals surface area (Å²) in [5.74, 6) is 1.55. The topological polar surface area (TPSA) is 54.2 Å². The Balaban J connectivity index is 1.70. The van der Waals surface area contributed by atoms with E-state index < -0.39 is 0 Å². The highest BCUT2D eigenvalue weighted by molar-refractivity contribution is 5.29. The SMILES string of the molecule is C1CCNC(c2nc(N3CCCC3)no2)CC1. The van der Waals surface area contributed by atoms with Gasteiger partial charge in [0.15, 0.2) is 0 Å². The van der Waals surface area contributed by atoms with Crippen LogP contribution in [0.25, 0.3) is 0 Å². The fourth-order valence-electron chi connectivity index (χ4n) is 2.65. The van der Waals surface area contributed by atoms with Crippen molar-refractivity contribution < 1.29 is 4.52 Å². The van der Waals surface area contributed by atoms with Crippen LogP contribution in [-0.2, 0) is 0 Å². The average Bonchev–Trinajstić information content (AvgIpc) is 2.95. The van der Waals surface area contributed by atoms with E-state index in [1.807, 2.05) is 0 Å². The first-order chi connectivity index (χ1) is 8.43. The van der Waals surface area contributed by atoms with Crippen molar-refractivity contribution in [3.05, 3.63) is 5.89 Å². The Kier molecular flexibility index (Phi) is 3.27. The van der Waals surface area contributed by atoms with E-state index in [0.717, 1.165) is 37.9 Å². The lowest BCUT2D eigenvalue weighted by Gasteiger charge is -2.11. The van der Waals surface area contributed by atoms with Gasteiger partial charge in [-0.3, -0.25) is 0 Å². The van der Waals surface area contributed by atoms with Gasteiger partial charge >= 0.3 is 0 Å². The van der Waals surface area contributed by atoms with Gasteiger partial charge in [0, 0.05) is 13.1 Å². The van der Waals surface area contributed by atoms with Crippen LogP contribution in [0.2, 0.25) is 0 Å². The van der Waals surface area contributed by atoms with E-state index in [1.54, 1.807) is 0 Å². The first-order valence-corrected chi connectivity index (χ1v) is 6.75. The molecule has 3 heterocycles. The molecule has 17 heavy (non-hydrogen) atoms. The molecule has 2 saturated heterocycles. The minimum Gasteiger partial charge on any atom is -0.338 e. The summed E-state index contributed by atoms with van der Waals surface area (Å²) in [6.45, 7) is 3.19. The van der Waals surface area contributed by atoms with Crippen LogP contribution in [0.5, 0.6) is 0 Å². The zero-order valence-electron chi connectivity index (χ0n) is 10.2. The molecule has 1 aromatic heterocycles. The molecular formula is C12H20N4O. The molecular weight excluding hydrogens is 216 g/mol. The van der Waals surface area contributed by atoms with E-state index in [4.69, 9.17) is 4.52 Å². The Morgan fingerprint density at radius 2 is 2.00 bits per heavy atom. The molecule has 0 saturated carbocycles. The number of hydrogen-bond acceptors (Lipinski definition) is 5. The maximum Gasteiger partial charge on any atom is 0.266 e. The van der Waals surface area contributed by atoms with Gasteiger partial charge in [0.2, 0.25) is 5.89 Å². The van der Waals surface area contributed by atoms with Crippen LogP contribution in [0.1, 0.15) is 50.5 Å². The van der Waals surface area contributed by atoms with Gasteiger partial charge in [0.05, 0.1) is 6.04 Å². The van der Waals surface area contributed by atoms with Crippen LogP contribution >= 0.6 is 0 Å². The van der Waals surface area contributed by atoms with E-state index in [0.29, 0.717) is 0 Å². The van der Waals surface area contributed by atoms with Crippen molar-refractivity contribution in [2.24, 2.45) is 0 Å². The fourth-order valence-corrected chi connectivity index (χ4v) is 2.65. The summed E-state index contributed by atoms with van der Waals surface area (Å²) in [7, 11) is 0. The van der Waals surface area contributed by atoms with Crippen molar-refractivity contribution in [1.29, 1.82) is 0 Å². The van der Waals surface area contributed by atoms with Crippen LogP contribution in [0.3, 0.4) is 0 Å². The Morgan fingerprint density at radius 1 is 1.12 bits per heavy atom. The molecule has 94 valence electrons. The van der Waals surface area contributed by atoms with E-state index >= 15 is 0 Å². The summed E-state index contributed by atoms with van der Waals surface area (Å²) in [5, 5.41) is 7.59. The first kappa shape index (κ1) is 11.0. The van der Waals surface area contributed by atoms with E-state index in [1.165, 1.54) is 32.1 Å². The number of nitrogens with one attached hydrogen (secondary N) is 1. The summed E-state index contributed by atoms with van der Waals surface area (Å²) in [6.07, 6.45) is 7.40. The summed E-state index contributed by atoms with van der Waals surface area (Å²) >= 11 is 0. The molecule has 2 fully saturated rings. The van der Waals surface area contributed by atoms with Crippen LogP contribution < -0.4 is 10.2 Å². The number of aromatic nitrogens is 2. The lowest BCUT2D eigenvalue weighted by atomic mass is 10.1. The minimum atomic E-state index is 0.265. The third-order valence-corrected chi connectivity index (χ3v) is 3.68. The van der Waals surface area contributed by atoms with Gasteiger partial charge in [0.1, 0.15) is 0 Å². The molecule has 0 spiro atoms. The zero-order chi connectivity index (χ0) is 11.5. The summed E-state index contributed by atoms with van der Waals surface area (Å²) in [4.78, 5) is 6.76. The molecule has 1 aromatic rings. The second-order valence-corrected chi connectivity index (χ2v) is 4.98. The van der Waals surface area contributed by atoms with Crippen LogP contribution in [0, 0.1) is 0 Å². The lowest BCUT2D eigenvalue weighted by molar-refractivity contribution is 0.327. The van der Waals surface area contributed by atoms with Crippen molar-refractivity contribution >= 4 is 5.95 Å². The van der Waals surface area contributed by atoms with Crippen molar-refractivity contribution in [2.45, 2.75) is 44.6 Å². The highest BCUT2D eigenvalue weighted by atomic mass is 16.5. The summed E-state index contributed by atoms with van der Waals surface area (Å²) in [5.41, 5.74) is 0. The predicted molar refractivity (Wildman–Crippen MR) is 65.0 cm³/mol. The molecule has 1 N–H and O–H groups in total. The van der Waals surface area contributed by atoms with Gasteiger partial charge in [-0.1, -0.05) is 12.8 Å². The highest BCUT2D eigenvalue weighted by Crippen LogP contribution is 2.24. The predicted octanol–water partition coefficient (Wildman–Crippen LogP) is 1.87. The minimum absolute atomic E-state index is 0.265. The third kappa shape index (κ3) is 2.44. The second-order valence-electron chi connectivity index (χ2n) is 4.98. The molecule has 1 atom stereocenters. The molecule has 2 aliphatic heterocycles. The normalized spacial score (nSPS) is 26.1. The molecule has 5 nitrogen and oxygen atoms in total. The van der Waals surface area contributed by atoms with Gasteiger partial charge in [-0.2, -0.15) is 4.98 Å². The molecule has 0 aromatic carbocycles. The molecule has 2 aliphatic rings. The molecule has 3 rings (SSSR count). The molecule has 0 bridgehead atoms. The molecule has 0 aliphatic carbocycles. The van der Waals surface area contributed by atoms with Crippen molar-refractivity contribution in [1.82, 2.24) is 15.5 Å². The van der Waals surface area contributed by atoms with Gasteiger partial charge in [-0.25, -0.2) is 0 Å². The molecule has 0 radical (unpaired) electrons. The lowest BCUT2D eigenvalue weighted by Crippen LogP contribution is -2.21. The van der Waals surface area contributed by atoms with Gasteiger partial charge < -0.3 is 14.7 Å². The van der Waals surface area contributed by atoms with Gasteiger partial charge in [0.25, 0.3) is 5.95 Å². The summed E-state index contributed by atoms with van der Waals surface area (Å²) in [6, 6.07) is 0.265. The number of rotatable bonds is 2. The number of anilines is 1. The number of nitrogens with zero attached hydrogens (tertiary/aromatic N) is 3. The maximum atomic E-state index is 5.41. The fraction of sp³-hybridized carbons (Fsp3) is 0.833. The van der Waals surface area contributed by atoms with Crippen LogP contribution in [0.4, 0.5) is 5.95 Å². The van der Waals surface area contributed by atoms with Gasteiger partial charge in [-0.05, 0) is 37.4 Å². The largest absolute Gasteiger partial charge is 0.338 e. The Labute approximate surface area is 102 Å². The maximum absolute atomic E-state index is 5.41. The second kappa shape index (κ2) is 5.04. The monoisotopic (exact) mass is 236 g/mol. The van der Waals surface area contributed by atoms with Crippen LogP contribution in [0.15, 0.2) is 4.52 Å². The molecule has 0 amide bonds. The van der Waals surface area contributed by atoms with E-state index in [-0.39, 0.29) is 6.04 Å². The summed E-state index contributed by atoms with van der Waals surface area (Å²) < 4.78 is 5.41. The van der Waals surface area contributed by atoms with Crippen molar-refractivity contribution in [3.63, 3.8) is 0 Å². The Morgan fingerprint density at radius 3 is 2.88 bits per heavy atom. The van der Waals surface area contributed by atoms with E-state index in [2.05, 4.69) is 20.4 Å². The Hall–Kier alpha value is -1.10.